The standard InChI is InChI=1S/C20H19FN2O2S/c21-17-6-8-18(9-7-17)22-20(24)12-16-13-25-11-10-19(16)23(22)26-14-15-4-2-1-3-5-15/h1-10,16H,11-14H2. The number of hydrogen-bond donors (Lipinski definition) is 0. The maximum atomic E-state index is 13.3. The minimum Gasteiger partial charge on any atom is -0.377 e. The third-order valence-electron chi connectivity index (χ3n) is 4.47. The van der Waals surface area contributed by atoms with Crippen molar-refractivity contribution < 1.29 is 13.9 Å². The average Bonchev–Trinajstić information content (AvgIpc) is 2.67. The van der Waals surface area contributed by atoms with Crippen LogP contribution in [-0.2, 0) is 15.3 Å². The molecule has 0 saturated carbocycles. The van der Waals surface area contributed by atoms with Gasteiger partial charge in [0.1, 0.15) is 5.82 Å². The van der Waals surface area contributed by atoms with Gasteiger partial charge in [0.15, 0.2) is 0 Å². The molecule has 1 saturated heterocycles. The van der Waals surface area contributed by atoms with Gasteiger partial charge in [-0.15, -0.1) is 0 Å². The van der Waals surface area contributed by atoms with Crippen LogP contribution in [0.4, 0.5) is 10.1 Å². The highest BCUT2D eigenvalue weighted by Crippen LogP contribution is 2.39. The molecule has 0 spiro atoms. The number of carbonyl (C=O) groups is 1. The number of halogens is 1. The van der Waals surface area contributed by atoms with Gasteiger partial charge < -0.3 is 4.74 Å². The molecule has 2 heterocycles. The monoisotopic (exact) mass is 370 g/mol. The quantitative estimate of drug-likeness (QED) is 0.757. The van der Waals surface area contributed by atoms with Gasteiger partial charge in [-0.1, -0.05) is 30.3 Å². The highest BCUT2D eigenvalue weighted by Gasteiger charge is 2.38. The van der Waals surface area contributed by atoms with Crippen molar-refractivity contribution in [1.29, 1.82) is 0 Å². The summed E-state index contributed by atoms with van der Waals surface area (Å²) < 4.78 is 20.8. The van der Waals surface area contributed by atoms with Crippen LogP contribution in [0.15, 0.2) is 66.4 Å². The minimum absolute atomic E-state index is 0.00943. The average molecular weight is 370 g/mol. The largest absolute Gasteiger partial charge is 0.377 e. The first-order valence-electron chi connectivity index (χ1n) is 8.55. The van der Waals surface area contributed by atoms with E-state index in [4.69, 9.17) is 4.74 Å². The molecule has 0 bridgehead atoms. The Bertz CT molecular complexity index is 810. The fourth-order valence-corrected chi connectivity index (χ4v) is 4.33. The molecule has 1 amide bonds. The van der Waals surface area contributed by atoms with E-state index in [-0.39, 0.29) is 17.6 Å². The molecule has 1 unspecified atom stereocenters. The molecule has 2 aliphatic heterocycles. The van der Waals surface area contributed by atoms with Crippen LogP contribution in [0.1, 0.15) is 12.0 Å². The fraction of sp³-hybridized carbons (Fsp3) is 0.250. The van der Waals surface area contributed by atoms with Gasteiger partial charge in [-0.05, 0) is 47.9 Å². The van der Waals surface area contributed by atoms with E-state index in [1.807, 2.05) is 28.7 Å². The molecule has 2 aromatic rings. The van der Waals surface area contributed by atoms with Crippen molar-refractivity contribution in [3.05, 3.63) is 77.8 Å². The minimum atomic E-state index is -0.315. The first-order valence-corrected chi connectivity index (χ1v) is 9.50. The molecule has 1 atom stereocenters. The van der Waals surface area contributed by atoms with E-state index in [1.54, 1.807) is 29.1 Å². The normalized spacial score (nSPS) is 20.0. The second-order valence-corrected chi connectivity index (χ2v) is 7.17. The molecular weight excluding hydrogens is 351 g/mol. The Hall–Kier alpha value is -2.31. The van der Waals surface area contributed by atoms with Gasteiger partial charge in [0.2, 0.25) is 5.91 Å². The van der Waals surface area contributed by atoms with Crippen LogP contribution < -0.4 is 5.01 Å². The van der Waals surface area contributed by atoms with Gasteiger partial charge in [-0.2, -0.15) is 0 Å². The van der Waals surface area contributed by atoms with Crippen LogP contribution in [0, 0.1) is 11.7 Å². The lowest BCUT2D eigenvalue weighted by molar-refractivity contribution is -0.123. The summed E-state index contributed by atoms with van der Waals surface area (Å²) in [5, 5.41) is 1.65. The van der Waals surface area contributed by atoms with E-state index < -0.39 is 0 Å². The van der Waals surface area contributed by atoms with E-state index in [9.17, 15) is 9.18 Å². The molecule has 1 fully saturated rings. The number of amides is 1. The van der Waals surface area contributed by atoms with Gasteiger partial charge in [0.25, 0.3) is 0 Å². The summed E-state index contributed by atoms with van der Waals surface area (Å²) in [5.41, 5.74) is 2.93. The third-order valence-corrected chi connectivity index (χ3v) is 5.56. The molecule has 0 aromatic heterocycles. The number of ether oxygens (including phenoxy) is 1. The van der Waals surface area contributed by atoms with E-state index in [2.05, 4.69) is 12.1 Å². The number of fused-ring (bicyclic) bond motifs is 1. The Morgan fingerprint density at radius 2 is 1.88 bits per heavy atom. The predicted molar refractivity (Wildman–Crippen MR) is 100 cm³/mol. The zero-order chi connectivity index (χ0) is 17.9. The molecule has 2 aliphatic rings. The van der Waals surface area contributed by atoms with Crippen LogP contribution in [0.2, 0.25) is 0 Å². The Morgan fingerprint density at radius 1 is 1.12 bits per heavy atom. The van der Waals surface area contributed by atoms with E-state index >= 15 is 0 Å². The maximum Gasteiger partial charge on any atom is 0.247 e. The number of rotatable bonds is 4. The fourth-order valence-electron chi connectivity index (χ4n) is 3.19. The second-order valence-electron chi connectivity index (χ2n) is 6.28. The zero-order valence-electron chi connectivity index (χ0n) is 14.2. The molecular formula is C20H19FN2O2S. The van der Waals surface area contributed by atoms with Crippen molar-refractivity contribution >= 4 is 23.5 Å². The lowest BCUT2D eigenvalue weighted by Crippen LogP contribution is -2.51. The maximum absolute atomic E-state index is 13.3. The van der Waals surface area contributed by atoms with Gasteiger partial charge >= 0.3 is 0 Å². The van der Waals surface area contributed by atoms with Crippen LogP contribution in [-0.4, -0.2) is 23.5 Å². The van der Waals surface area contributed by atoms with E-state index in [1.165, 1.54) is 17.7 Å². The van der Waals surface area contributed by atoms with Crippen molar-refractivity contribution in [3.63, 3.8) is 0 Å². The summed E-state index contributed by atoms with van der Waals surface area (Å²) in [6.07, 6.45) is 2.43. The highest BCUT2D eigenvalue weighted by molar-refractivity contribution is 7.96. The number of hydrazine groups is 1. The van der Waals surface area contributed by atoms with Crippen molar-refractivity contribution in [2.24, 2.45) is 5.92 Å². The second kappa shape index (κ2) is 7.51. The van der Waals surface area contributed by atoms with Crippen molar-refractivity contribution in [2.45, 2.75) is 12.2 Å². The SMILES string of the molecule is O=C1CC2COCC=C2N(SCc2ccccc2)N1c1ccc(F)cc1. The summed E-state index contributed by atoms with van der Waals surface area (Å²) >= 11 is 1.57. The Morgan fingerprint density at radius 3 is 2.65 bits per heavy atom. The van der Waals surface area contributed by atoms with Crippen molar-refractivity contribution in [3.8, 4) is 0 Å². The molecule has 2 aromatic carbocycles. The Balaban J connectivity index is 1.65. The lowest BCUT2D eigenvalue weighted by Gasteiger charge is -2.44. The number of anilines is 1. The lowest BCUT2D eigenvalue weighted by atomic mass is 9.98. The number of benzene rings is 2. The topological polar surface area (TPSA) is 32.8 Å². The number of hydrogen-bond acceptors (Lipinski definition) is 4. The van der Waals surface area contributed by atoms with Crippen LogP contribution in [0.3, 0.4) is 0 Å². The summed E-state index contributed by atoms with van der Waals surface area (Å²) in [4.78, 5) is 12.9. The first kappa shape index (κ1) is 17.1. The van der Waals surface area contributed by atoms with Crippen LogP contribution >= 0.6 is 11.9 Å². The summed E-state index contributed by atoms with van der Waals surface area (Å²) in [6.45, 7) is 1.09. The van der Waals surface area contributed by atoms with Gasteiger partial charge in [-0.25, -0.2) is 13.8 Å². The van der Waals surface area contributed by atoms with Crippen molar-refractivity contribution in [2.75, 3.05) is 18.2 Å². The molecule has 134 valence electrons. The molecule has 0 N–H and O–H groups in total. The van der Waals surface area contributed by atoms with Gasteiger partial charge in [-0.3, -0.25) is 4.79 Å². The van der Waals surface area contributed by atoms with E-state index in [0.717, 1.165) is 11.4 Å². The molecule has 26 heavy (non-hydrogen) atoms. The smallest absolute Gasteiger partial charge is 0.247 e. The predicted octanol–water partition coefficient (Wildman–Crippen LogP) is 4.16. The summed E-state index contributed by atoms with van der Waals surface area (Å²) in [6, 6.07) is 16.2. The van der Waals surface area contributed by atoms with Gasteiger partial charge in [0, 0.05) is 18.1 Å². The summed E-state index contributed by atoms with van der Waals surface area (Å²) in [5.74, 6) is 0.474. The molecule has 0 aliphatic carbocycles. The van der Waals surface area contributed by atoms with Crippen LogP contribution in [0.25, 0.3) is 0 Å². The third kappa shape index (κ3) is 3.48. The molecule has 4 rings (SSSR count). The number of nitrogens with zero attached hydrogens (tertiary/aromatic N) is 2. The van der Waals surface area contributed by atoms with Crippen LogP contribution in [0.5, 0.6) is 0 Å². The van der Waals surface area contributed by atoms with Gasteiger partial charge in [0.05, 0.1) is 24.6 Å². The molecule has 4 nitrogen and oxygen atoms in total. The summed E-state index contributed by atoms with van der Waals surface area (Å²) in [7, 11) is 0. The van der Waals surface area contributed by atoms with Crippen molar-refractivity contribution in [1.82, 2.24) is 4.41 Å². The number of carbonyl (C=O) groups excluding carboxylic acids is 1. The highest BCUT2D eigenvalue weighted by atomic mass is 32.2. The first-order chi connectivity index (χ1) is 12.7. The molecule has 6 heteroatoms. The molecule has 0 radical (unpaired) electrons. The zero-order valence-corrected chi connectivity index (χ0v) is 15.0. The van der Waals surface area contributed by atoms with E-state index in [0.29, 0.717) is 25.3 Å². The Labute approximate surface area is 156 Å². The Kier molecular flexibility index (Phi) is 4.95.